The molecule has 0 fully saturated rings. The van der Waals surface area contributed by atoms with Gasteiger partial charge >= 0.3 is 6.18 Å². The molecule has 2 aromatic carbocycles. The van der Waals surface area contributed by atoms with Crippen molar-refractivity contribution in [1.82, 2.24) is 0 Å². The summed E-state index contributed by atoms with van der Waals surface area (Å²) in [5, 5.41) is 0.684. The van der Waals surface area contributed by atoms with Crippen molar-refractivity contribution in [2.45, 2.75) is 6.18 Å². The largest absolute Gasteiger partial charge is 0.417 e. The lowest BCUT2D eigenvalue weighted by atomic mass is 10.0. The molecular weight excluding hydrogens is 203 g/mol. The minimum Gasteiger partial charge on any atom is -0.399 e. The van der Waals surface area contributed by atoms with Gasteiger partial charge in [-0.05, 0) is 22.9 Å². The maximum Gasteiger partial charge on any atom is 0.417 e. The van der Waals surface area contributed by atoms with Crippen LogP contribution in [0.4, 0.5) is 18.9 Å². The SMILES string of the molecule is Nc1cc(C(F)(F)F)c2ccccc2c1. The van der Waals surface area contributed by atoms with Crippen LogP contribution in [0.3, 0.4) is 0 Å². The molecule has 2 rings (SSSR count). The van der Waals surface area contributed by atoms with E-state index in [0.717, 1.165) is 6.07 Å². The Balaban J connectivity index is 2.83. The first-order chi connectivity index (χ1) is 6.98. The molecule has 0 aliphatic heterocycles. The van der Waals surface area contributed by atoms with E-state index in [9.17, 15) is 13.2 Å². The van der Waals surface area contributed by atoms with Crippen molar-refractivity contribution in [2.75, 3.05) is 5.73 Å². The lowest BCUT2D eigenvalue weighted by Crippen LogP contribution is -2.06. The molecular formula is C11H8F3N. The van der Waals surface area contributed by atoms with Crippen LogP contribution in [0.1, 0.15) is 5.56 Å². The quantitative estimate of drug-likeness (QED) is 0.663. The van der Waals surface area contributed by atoms with E-state index >= 15 is 0 Å². The highest BCUT2D eigenvalue weighted by molar-refractivity contribution is 5.89. The van der Waals surface area contributed by atoms with E-state index in [0.29, 0.717) is 5.39 Å². The summed E-state index contributed by atoms with van der Waals surface area (Å²) < 4.78 is 37.9. The van der Waals surface area contributed by atoms with Crippen molar-refractivity contribution in [2.24, 2.45) is 0 Å². The third-order valence-electron chi connectivity index (χ3n) is 2.19. The molecule has 0 atom stereocenters. The molecule has 0 saturated heterocycles. The van der Waals surface area contributed by atoms with Gasteiger partial charge in [0.1, 0.15) is 0 Å². The maximum atomic E-state index is 12.6. The van der Waals surface area contributed by atoms with Crippen molar-refractivity contribution in [3.8, 4) is 0 Å². The monoisotopic (exact) mass is 211 g/mol. The molecule has 78 valence electrons. The van der Waals surface area contributed by atoms with Gasteiger partial charge in [0, 0.05) is 5.69 Å². The Morgan fingerprint density at radius 2 is 1.67 bits per heavy atom. The number of hydrogen-bond donors (Lipinski definition) is 1. The summed E-state index contributed by atoms with van der Waals surface area (Å²) >= 11 is 0. The van der Waals surface area contributed by atoms with Crippen LogP contribution < -0.4 is 5.73 Å². The van der Waals surface area contributed by atoms with Gasteiger partial charge in [-0.2, -0.15) is 13.2 Å². The van der Waals surface area contributed by atoms with E-state index in [1.807, 2.05) is 0 Å². The Kier molecular flexibility index (Phi) is 2.07. The number of nitrogen functional groups attached to an aromatic ring is 1. The fraction of sp³-hybridized carbons (Fsp3) is 0.0909. The number of fused-ring (bicyclic) bond motifs is 1. The second kappa shape index (κ2) is 3.15. The first-order valence-electron chi connectivity index (χ1n) is 4.34. The van der Waals surface area contributed by atoms with E-state index in [1.165, 1.54) is 12.1 Å². The maximum absolute atomic E-state index is 12.6. The summed E-state index contributed by atoms with van der Waals surface area (Å²) in [5.74, 6) is 0. The van der Waals surface area contributed by atoms with Gasteiger partial charge in [-0.3, -0.25) is 0 Å². The minimum absolute atomic E-state index is 0.126. The third-order valence-corrected chi connectivity index (χ3v) is 2.19. The Bertz CT molecular complexity index is 503. The Hall–Kier alpha value is -1.71. The standard InChI is InChI=1S/C11H8F3N/c12-11(13,14)10-6-8(15)5-7-3-1-2-4-9(7)10/h1-6H,15H2. The fourth-order valence-corrected chi connectivity index (χ4v) is 1.57. The van der Waals surface area contributed by atoms with Gasteiger partial charge < -0.3 is 5.73 Å². The lowest BCUT2D eigenvalue weighted by molar-refractivity contribution is -0.136. The second-order valence-electron chi connectivity index (χ2n) is 3.29. The summed E-state index contributed by atoms with van der Waals surface area (Å²) in [6, 6.07) is 8.81. The Labute approximate surface area is 84.3 Å². The van der Waals surface area contributed by atoms with Crippen LogP contribution >= 0.6 is 0 Å². The lowest BCUT2D eigenvalue weighted by Gasteiger charge is -2.11. The third kappa shape index (κ3) is 1.75. The van der Waals surface area contributed by atoms with Crippen LogP contribution in [0, 0.1) is 0 Å². The Morgan fingerprint density at radius 1 is 1.00 bits per heavy atom. The molecule has 4 heteroatoms. The summed E-state index contributed by atoms with van der Waals surface area (Å²) in [6.07, 6.45) is -4.37. The average Bonchev–Trinajstić information content (AvgIpc) is 2.15. The van der Waals surface area contributed by atoms with Gasteiger partial charge in [-0.15, -0.1) is 0 Å². The van der Waals surface area contributed by atoms with Crippen LogP contribution in [0.25, 0.3) is 10.8 Å². The van der Waals surface area contributed by atoms with E-state index in [1.54, 1.807) is 18.2 Å². The van der Waals surface area contributed by atoms with Crippen LogP contribution in [0.5, 0.6) is 0 Å². The molecule has 0 radical (unpaired) electrons. The number of halogens is 3. The Morgan fingerprint density at radius 3 is 2.33 bits per heavy atom. The zero-order chi connectivity index (χ0) is 11.1. The van der Waals surface area contributed by atoms with E-state index in [2.05, 4.69) is 0 Å². The molecule has 0 saturated carbocycles. The molecule has 2 aromatic rings. The van der Waals surface area contributed by atoms with Crippen molar-refractivity contribution in [3.05, 3.63) is 42.0 Å². The number of anilines is 1. The number of rotatable bonds is 0. The smallest absolute Gasteiger partial charge is 0.399 e. The first kappa shape index (κ1) is 9.83. The van der Waals surface area contributed by atoms with Crippen LogP contribution in [0.15, 0.2) is 36.4 Å². The minimum atomic E-state index is -4.37. The summed E-state index contributed by atoms with van der Waals surface area (Å²) in [5.41, 5.74) is 4.87. The molecule has 0 heterocycles. The van der Waals surface area contributed by atoms with Gasteiger partial charge in [-0.25, -0.2) is 0 Å². The molecule has 0 aliphatic carbocycles. The van der Waals surface area contributed by atoms with Gasteiger partial charge in [0.15, 0.2) is 0 Å². The van der Waals surface area contributed by atoms with Crippen LogP contribution in [0.2, 0.25) is 0 Å². The van der Waals surface area contributed by atoms with Crippen molar-refractivity contribution < 1.29 is 13.2 Å². The number of nitrogens with two attached hydrogens (primary N) is 1. The predicted octanol–water partition coefficient (Wildman–Crippen LogP) is 3.44. The predicted molar refractivity (Wildman–Crippen MR) is 53.4 cm³/mol. The van der Waals surface area contributed by atoms with Crippen molar-refractivity contribution in [1.29, 1.82) is 0 Å². The van der Waals surface area contributed by atoms with E-state index < -0.39 is 11.7 Å². The molecule has 1 nitrogen and oxygen atoms in total. The van der Waals surface area contributed by atoms with E-state index in [-0.39, 0.29) is 11.1 Å². The number of benzene rings is 2. The summed E-state index contributed by atoms with van der Waals surface area (Å²) in [6.45, 7) is 0. The second-order valence-corrected chi connectivity index (χ2v) is 3.29. The molecule has 15 heavy (non-hydrogen) atoms. The van der Waals surface area contributed by atoms with Crippen LogP contribution in [-0.4, -0.2) is 0 Å². The summed E-state index contributed by atoms with van der Waals surface area (Å²) in [7, 11) is 0. The molecule has 0 spiro atoms. The highest BCUT2D eigenvalue weighted by atomic mass is 19.4. The number of hydrogen-bond acceptors (Lipinski definition) is 1. The van der Waals surface area contributed by atoms with Gasteiger partial charge in [0.2, 0.25) is 0 Å². The fourth-order valence-electron chi connectivity index (χ4n) is 1.57. The highest BCUT2D eigenvalue weighted by Crippen LogP contribution is 2.36. The zero-order valence-electron chi connectivity index (χ0n) is 7.68. The molecule has 2 N–H and O–H groups in total. The first-order valence-corrected chi connectivity index (χ1v) is 4.34. The van der Waals surface area contributed by atoms with Crippen molar-refractivity contribution in [3.63, 3.8) is 0 Å². The summed E-state index contributed by atoms with van der Waals surface area (Å²) in [4.78, 5) is 0. The van der Waals surface area contributed by atoms with Crippen LogP contribution in [-0.2, 0) is 6.18 Å². The molecule has 0 bridgehead atoms. The highest BCUT2D eigenvalue weighted by Gasteiger charge is 2.32. The van der Waals surface area contributed by atoms with Gasteiger partial charge in [0.25, 0.3) is 0 Å². The van der Waals surface area contributed by atoms with E-state index in [4.69, 9.17) is 5.73 Å². The van der Waals surface area contributed by atoms with Gasteiger partial charge in [-0.1, -0.05) is 24.3 Å². The van der Waals surface area contributed by atoms with Gasteiger partial charge in [0.05, 0.1) is 5.56 Å². The normalized spacial score (nSPS) is 11.9. The molecule has 0 aromatic heterocycles. The number of alkyl halides is 3. The zero-order valence-corrected chi connectivity index (χ0v) is 7.68. The average molecular weight is 211 g/mol. The molecule has 0 amide bonds. The molecule has 0 unspecified atom stereocenters. The van der Waals surface area contributed by atoms with Crippen molar-refractivity contribution >= 4 is 16.5 Å². The topological polar surface area (TPSA) is 26.0 Å². The molecule has 0 aliphatic rings.